The van der Waals surface area contributed by atoms with Crippen molar-refractivity contribution in [2.75, 3.05) is 5.73 Å². The third-order valence-electron chi connectivity index (χ3n) is 4.76. The second kappa shape index (κ2) is 4.79. The molecule has 5 nitrogen and oxygen atoms in total. The molecule has 0 atom stereocenters. The predicted octanol–water partition coefficient (Wildman–Crippen LogP) is 2.88. The van der Waals surface area contributed by atoms with Crippen LogP contribution in [-0.4, -0.2) is 19.3 Å². The zero-order valence-corrected chi connectivity index (χ0v) is 12.8. The molecule has 1 fully saturated rings. The molecule has 5 heteroatoms. The number of fused-ring (bicyclic) bond motifs is 1. The van der Waals surface area contributed by atoms with E-state index in [1.165, 1.54) is 32.1 Å². The molecule has 20 heavy (non-hydrogen) atoms. The van der Waals surface area contributed by atoms with E-state index in [1.54, 1.807) is 0 Å². The third kappa shape index (κ3) is 2.09. The number of hydrogen-bond acceptors (Lipinski definition) is 3. The number of imidazole rings is 1. The highest BCUT2D eigenvalue weighted by Gasteiger charge is 2.29. The second-order valence-corrected chi connectivity index (χ2v) is 6.52. The molecule has 0 unspecified atom stereocenters. The van der Waals surface area contributed by atoms with Crippen molar-refractivity contribution in [2.45, 2.75) is 58.9 Å². The number of hydrogen-bond donors (Lipinski definition) is 1. The van der Waals surface area contributed by atoms with Crippen LogP contribution in [-0.2, 0) is 20.0 Å². The summed E-state index contributed by atoms with van der Waals surface area (Å²) >= 11 is 0. The molecule has 2 aromatic heterocycles. The summed E-state index contributed by atoms with van der Waals surface area (Å²) in [5, 5.41) is 4.56. The lowest BCUT2D eigenvalue weighted by molar-refractivity contribution is 0.185. The standard InChI is InChI=1S/C15H25N5/c1-4-11-12-13(19(3)18-11)20(14(16)17-12)10-15(2)8-6-5-7-9-15/h4-10H2,1-3H3,(H2,16,17). The summed E-state index contributed by atoms with van der Waals surface area (Å²) in [5.74, 6) is 0.634. The number of nitrogen functional groups attached to an aromatic ring is 1. The van der Waals surface area contributed by atoms with Crippen LogP contribution in [0.3, 0.4) is 0 Å². The molecule has 2 aromatic rings. The lowest BCUT2D eigenvalue weighted by Gasteiger charge is -2.34. The Morgan fingerprint density at radius 3 is 2.60 bits per heavy atom. The van der Waals surface area contributed by atoms with Crippen molar-refractivity contribution in [1.82, 2.24) is 19.3 Å². The van der Waals surface area contributed by atoms with Gasteiger partial charge in [0.1, 0.15) is 5.52 Å². The number of rotatable bonds is 3. The molecule has 2 heterocycles. The van der Waals surface area contributed by atoms with E-state index < -0.39 is 0 Å². The normalized spacial score (nSPS) is 18.8. The lowest BCUT2D eigenvalue weighted by atomic mass is 9.75. The Labute approximate surface area is 120 Å². The summed E-state index contributed by atoms with van der Waals surface area (Å²) in [4.78, 5) is 4.56. The second-order valence-electron chi connectivity index (χ2n) is 6.52. The number of nitrogens with zero attached hydrogens (tertiary/aromatic N) is 4. The van der Waals surface area contributed by atoms with E-state index in [0.29, 0.717) is 11.4 Å². The van der Waals surface area contributed by atoms with Crippen LogP contribution in [0.25, 0.3) is 11.2 Å². The Bertz CT molecular complexity index is 616. The van der Waals surface area contributed by atoms with Crippen LogP contribution in [0.1, 0.15) is 51.6 Å². The first-order chi connectivity index (χ1) is 9.54. The van der Waals surface area contributed by atoms with Crippen LogP contribution in [0.4, 0.5) is 5.95 Å². The number of nitrogens with two attached hydrogens (primary N) is 1. The zero-order chi connectivity index (χ0) is 14.3. The minimum atomic E-state index is 0.344. The van der Waals surface area contributed by atoms with Crippen LogP contribution in [0.2, 0.25) is 0 Å². The summed E-state index contributed by atoms with van der Waals surface area (Å²) in [6.45, 7) is 5.45. The van der Waals surface area contributed by atoms with Crippen molar-refractivity contribution in [3.8, 4) is 0 Å². The van der Waals surface area contributed by atoms with Crippen LogP contribution < -0.4 is 5.73 Å². The molecular weight excluding hydrogens is 250 g/mol. The molecule has 0 amide bonds. The van der Waals surface area contributed by atoms with Crippen molar-refractivity contribution in [3.05, 3.63) is 5.69 Å². The number of aryl methyl sites for hydroxylation is 2. The van der Waals surface area contributed by atoms with Gasteiger partial charge in [-0.2, -0.15) is 5.10 Å². The minimum Gasteiger partial charge on any atom is -0.369 e. The third-order valence-corrected chi connectivity index (χ3v) is 4.76. The van der Waals surface area contributed by atoms with Gasteiger partial charge in [-0.15, -0.1) is 0 Å². The Morgan fingerprint density at radius 1 is 1.25 bits per heavy atom. The molecule has 0 spiro atoms. The maximum Gasteiger partial charge on any atom is 0.202 e. The first-order valence-electron chi connectivity index (χ1n) is 7.72. The van der Waals surface area contributed by atoms with Crippen LogP contribution in [0.5, 0.6) is 0 Å². The van der Waals surface area contributed by atoms with Gasteiger partial charge in [-0.1, -0.05) is 33.1 Å². The Kier molecular flexibility index (Phi) is 3.22. The molecule has 0 aliphatic heterocycles. The van der Waals surface area contributed by atoms with Crippen LogP contribution in [0, 0.1) is 5.41 Å². The maximum atomic E-state index is 6.18. The van der Waals surface area contributed by atoms with E-state index in [4.69, 9.17) is 5.73 Å². The van der Waals surface area contributed by atoms with E-state index in [0.717, 1.165) is 29.8 Å². The van der Waals surface area contributed by atoms with Gasteiger partial charge in [0.15, 0.2) is 5.65 Å². The summed E-state index contributed by atoms with van der Waals surface area (Å²) in [6.07, 6.45) is 7.50. The van der Waals surface area contributed by atoms with Gasteiger partial charge in [0.25, 0.3) is 0 Å². The van der Waals surface area contributed by atoms with Gasteiger partial charge in [-0.25, -0.2) is 4.98 Å². The molecule has 0 radical (unpaired) electrons. The number of aromatic nitrogens is 4. The predicted molar refractivity (Wildman–Crippen MR) is 81.5 cm³/mol. The highest BCUT2D eigenvalue weighted by Crippen LogP contribution is 2.38. The molecule has 2 N–H and O–H groups in total. The summed E-state index contributed by atoms with van der Waals surface area (Å²) in [6, 6.07) is 0. The molecule has 3 rings (SSSR count). The van der Waals surface area contributed by atoms with Gasteiger partial charge in [0.2, 0.25) is 5.95 Å². The lowest BCUT2D eigenvalue weighted by Crippen LogP contribution is -2.27. The average molecular weight is 275 g/mol. The first-order valence-corrected chi connectivity index (χ1v) is 7.72. The van der Waals surface area contributed by atoms with Gasteiger partial charge >= 0.3 is 0 Å². The quantitative estimate of drug-likeness (QED) is 0.937. The molecule has 1 aliphatic carbocycles. The zero-order valence-electron chi connectivity index (χ0n) is 12.8. The summed E-state index contributed by atoms with van der Waals surface area (Å²) in [7, 11) is 1.99. The fourth-order valence-electron chi connectivity index (χ4n) is 3.60. The summed E-state index contributed by atoms with van der Waals surface area (Å²) < 4.78 is 4.11. The molecule has 0 bridgehead atoms. The summed E-state index contributed by atoms with van der Waals surface area (Å²) in [5.41, 5.74) is 9.62. The van der Waals surface area contributed by atoms with Crippen LogP contribution >= 0.6 is 0 Å². The fraction of sp³-hybridized carbons (Fsp3) is 0.733. The molecule has 1 aliphatic rings. The van der Waals surface area contributed by atoms with Gasteiger partial charge in [-0.05, 0) is 24.7 Å². The Morgan fingerprint density at radius 2 is 1.95 bits per heavy atom. The highest BCUT2D eigenvalue weighted by atomic mass is 15.3. The van der Waals surface area contributed by atoms with Gasteiger partial charge in [0.05, 0.1) is 5.69 Å². The van der Waals surface area contributed by atoms with Crippen molar-refractivity contribution >= 4 is 17.1 Å². The van der Waals surface area contributed by atoms with E-state index in [9.17, 15) is 0 Å². The molecular formula is C15H25N5. The first kappa shape index (κ1) is 13.5. The maximum absolute atomic E-state index is 6.18. The van der Waals surface area contributed by atoms with Gasteiger partial charge < -0.3 is 5.73 Å². The SMILES string of the molecule is CCc1nn(C)c2c1nc(N)n2CC1(C)CCCCC1. The van der Waals surface area contributed by atoms with Crippen molar-refractivity contribution in [3.63, 3.8) is 0 Å². The molecule has 0 aromatic carbocycles. The Hall–Kier alpha value is -1.52. The van der Waals surface area contributed by atoms with Crippen molar-refractivity contribution in [1.29, 1.82) is 0 Å². The molecule has 1 saturated carbocycles. The van der Waals surface area contributed by atoms with Crippen LogP contribution in [0.15, 0.2) is 0 Å². The molecule has 0 saturated heterocycles. The average Bonchev–Trinajstić information content (AvgIpc) is 2.89. The van der Waals surface area contributed by atoms with Gasteiger partial charge in [-0.3, -0.25) is 9.25 Å². The van der Waals surface area contributed by atoms with E-state index in [1.807, 2.05) is 11.7 Å². The van der Waals surface area contributed by atoms with Crippen molar-refractivity contribution in [2.24, 2.45) is 12.5 Å². The fourth-order valence-corrected chi connectivity index (χ4v) is 3.60. The Balaban J connectivity index is 2.02. The smallest absolute Gasteiger partial charge is 0.202 e. The van der Waals surface area contributed by atoms with E-state index in [2.05, 4.69) is 28.5 Å². The largest absolute Gasteiger partial charge is 0.369 e. The monoisotopic (exact) mass is 275 g/mol. The molecule has 110 valence electrons. The van der Waals surface area contributed by atoms with Gasteiger partial charge in [0, 0.05) is 13.6 Å². The topological polar surface area (TPSA) is 61.7 Å². The highest BCUT2D eigenvalue weighted by molar-refractivity contribution is 5.77. The van der Waals surface area contributed by atoms with Crippen molar-refractivity contribution < 1.29 is 0 Å². The van der Waals surface area contributed by atoms with E-state index in [-0.39, 0.29) is 0 Å². The minimum absolute atomic E-state index is 0.344. The van der Waals surface area contributed by atoms with E-state index >= 15 is 0 Å². The number of anilines is 1.